The molecule has 0 aliphatic carbocycles. The third kappa shape index (κ3) is 7.06. The molecule has 0 radical (unpaired) electrons. The summed E-state index contributed by atoms with van der Waals surface area (Å²) in [4.78, 5) is 11.7. The van der Waals surface area contributed by atoms with Gasteiger partial charge in [0.15, 0.2) is 5.96 Å². The first-order valence-electron chi connectivity index (χ1n) is 11.0. The van der Waals surface area contributed by atoms with Crippen LogP contribution in [-0.2, 0) is 6.54 Å². The van der Waals surface area contributed by atoms with Crippen LogP contribution in [0.2, 0.25) is 0 Å². The topological polar surface area (TPSA) is 74.9 Å². The lowest BCUT2D eigenvalue weighted by Crippen LogP contribution is -2.40. The number of para-hydroxylation sites is 1. The van der Waals surface area contributed by atoms with Gasteiger partial charge < -0.3 is 19.8 Å². The maximum Gasteiger partial charge on any atom is 0.208 e. The summed E-state index contributed by atoms with van der Waals surface area (Å²) >= 11 is 0. The fourth-order valence-electron chi connectivity index (χ4n) is 3.54. The quantitative estimate of drug-likeness (QED) is 0.374. The number of likely N-dealkylation sites (tertiary alicyclic amines) is 1. The average molecular weight is 414 g/mol. The van der Waals surface area contributed by atoms with E-state index in [9.17, 15) is 0 Å². The van der Waals surface area contributed by atoms with Crippen LogP contribution in [0.4, 0.5) is 0 Å². The number of piperidine rings is 1. The summed E-state index contributed by atoms with van der Waals surface area (Å²) in [5, 5.41) is 6.68. The number of ether oxygens (including phenoxy) is 1. The van der Waals surface area contributed by atoms with Crippen molar-refractivity contribution in [3.63, 3.8) is 0 Å². The summed E-state index contributed by atoms with van der Waals surface area (Å²) in [6.45, 7) is 12.0. The van der Waals surface area contributed by atoms with Crippen molar-refractivity contribution < 1.29 is 9.15 Å². The molecule has 2 heterocycles. The van der Waals surface area contributed by atoms with Crippen molar-refractivity contribution >= 4 is 5.96 Å². The van der Waals surface area contributed by atoms with Crippen molar-refractivity contribution in [1.82, 2.24) is 20.5 Å². The number of aliphatic imine (C=N–C) groups is 1. The van der Waals surface area contributed by atoms with Crippen LogP contribution in [0.15, 0.2) is 39.7 Å². The number of nitrogens with one attached hydrogen (secondary N) is 2. The summed E-state index contributed by atoms with van der Waals surface area (Å²) in [5.74, 6) is 4.13. The Bertz CT molecular complexity index is 763. The first-order chi connectivity index (χ1) is 14.6. The maximum atomic E-state index is 5.73. The van der Waals surface area contributed by atoms with Crippen LogP contribution in [-0.4, -0.2) is 55.2 Å². The molecule has 164 valence electrons. The van der Waals surface area contributed by atoms with Crippen molar-refractivity contribution in [3.8, 4) is 5.75 Å². The van der Waals surface area contributed by atoms with Gasteiger partial charge >= 0.3 is 0 Å². The zero-order valence-corrected chi connectivity index (χ0v) is 18.5. The van der Waals surface area contributed by atoms with E-state index in [1.807, 2.05) is 44.2 Å². The highest BCUT2D eigenvalue weighted by Gasteiger charge is 2.20. The molecule has 0 spiro atoms. The fourth-order valence-corrected chi connectivity index (χ4v) is 3.54. The third-order valence-electron chi connectivity index (χ3n) is 5.40. The van der Waals surface area contributed by atoms with E-state index in [0.29, 0.717) is 19.1 Å². The number of hydrogen-bond donors (Lipinski definition) is 2. The molecule has 0 saturated carbocycles. The number of oxazole rings is 1. The van der Waals surface area contributed by atoms with E-state index < -0.39 is 0 Å². The second-order valence-electron chi connectivity index (χ2n) is 7.78. The molecule has 1 saturated heterocycles. The molecule has 1 fully saturated rings. The molecular formula is C23H35N5O2. The van der Waals surface area contributed by atoms with Gasteiger partial charge in [-0.1, -0.05) is 18.2 Å². The maximum absolute atomic E-state index is 5.73. The monoisotopic (exact) mass is 413 g/mol. The molecule has 7 nitrogen and oxygen atoms in total. The van der Waals surface area contributed by atoms with Gasteiger partial charge in [0.05, 0.1) is 18.8 Å². The first-order valence-corrected chi connectivity index (χ1v) is 11.0. The van der Waals surface area contributed by atoms with Gasteiger partial charge in [0.25, 0.3) is 0 Å². The van der Waals surface area contributed by atoms with Crippen LogP contribution in [0.5, 0.6) is 5.75 Å². The normalized spacial score (nSPS) is 15.9. The molecule has 1 aliphatic heterocycles. The van der Waals surface area contributed by atoms with Gasteiger partial charge in [0, 0.05) is 13.1 Å². The molecule has 0 bridgehead atoms. The molecular weight excluding hydrogens is 378 g/mol. The predicted molar refractivity (Wildman–Crippen MR) is 120 cm³/mol. The number of guanidine groups is 1. The van der Waals surface area contributed by atoms with Crippen molar-refractivity contribution in [1.29, 1.82) is 0 Å². The molecule has 3 rings (SSSR count). The SMILES string of the molecule is CCNC(=NCC1CCN(Cc2nc(C)c(C)o2)CC1)NCCOc1ccccc1. The Hall–Kier alpha value is -2.54. The average Bonchev–Trinajstić information content (AvgIpc) is 3.07. The molecule has 0 unspecified atom stereocenters. The van der Waals surface area contributed by atoms with E-state index in [4.69, 9.17) is 14.1 Å². The second-order valence-corrected chi connectivity index (χ2v) is 7.78. The summed E-state index contributed by atoms with van der Waals surface area (Å²) in [5.41, 5.74) is 0.992. The molecule has 2 aromatic rings. The first kappa shape index (κ1) is 22.2. The van der Waals surface area contributed by atoms with Crippen molar-refractivity contribution in [3.05, 3.63) is 47.7 Å². The van der Waals surface area contributed by atoms with Gasteiger partial charge in [0.1, 0.15) is 18.1 Å². The smallest absolute Gasteiger partial charge is 0.208 e. The van der Waals surface area contributed by atoms with Crippen LogP contribution in [0.25, 0.3) is 0 Å². The lowest BCUT2D eigenvalue weighted by Gasteiger charge is -2.30. The summed E-state index contributed by atoms with van der Waals surface area (Å²) in [6.07, 6.45) is 2.30. The lowest BCUT2D eigenvalue weighted by molar-refractivity contribution is 0.166. The Morgan fingerprint density at radius 3 is 2.63 bits per heavy atom. The van der Waals surface area contributed by atoms with E-state index >= 15 is 0 Å². The van der Waals surface area contributed by atoms with E-state index in [-0.39, 0.29) is 0 Å². The molecule has 30 heavy (non-hydrogen) atoms. The Balaban J connectivity index is 1.37. The molecule has 1 aliphatic rings. The highest BCUT2D eigenvalue weighted by Crippen LogP contribution is 2.20. The van der Waals surface area contributed by atoms with Gasteiger partial charge in [-0.05, 0) is 64.8 Å². The summed E-state index contributed by atoms with van der Waals surface area (Å²) in [6, 6.07) is 9.88. The Morgan fingerprint density at radius 2 is 1.97 bits per heavy atom. The standard InChI is InChI=1S/C23H35N5O2/c1-4-24-23(25-12-15-29-21-8-6-5-7-9-21)26-16-20-10-13-28(14-11-20)17-22-27-18(2)19(3)30-22/h5-9,20H,4,10-17H2,1-3H3,(H2,24,25,26). The van der Waals surface area contributed by atoms with Gasteiger partial charge in [-0.15, -0.1) is 0 Å². The third-order valence-corrected chi connectivity index (χ3v) is 5.40. The largest absolute Gasteiger partial charge is 0.492 e. The van der Waals surface area contributed by atoms with Crippen LogP contribution in [0.3, 0.4) is 0 Å². The van der Waals surface area contributed by atoms with Crippen molar-refractivity contribution in [2.24, 2.45) is 10.9 Å². The number of nitrogens with zero attached hydrogens (tertiary/aromatic N) is 3. The highest BCUT2D eigenvalue weighted by molar-refractivity contribution is 5.79. The van der Waals surface area contributed by atoms with Crippen LogP contribution < -0.4 is 15.4 Å². The van der Waals surface area contributed by atoms with Crippen molar-refractivity contribution in [2.45, 2.75) is 40.2 Å². The number of aryl methyl sites for hydroxylation is 2. The Morgan fingerprint density at radius 1 is 1.20 bits per heavy atom. The number of aromatic nitrogens is 1. The van der Waals surface area contributed by atoms with E-state index in [1.54, 1.807) is 0 Å². The summed E-state index contributed by atoms with van der Waals surface area (Å²) in [7, 11) is 0. The Labute approximate surface area is 179 Å². The highest BCUT2D eigenvalue weighted by atomic mass is 16.5. The summed E-state index contributed by atoms with van der Waals surface area (Å²) < 4.78 is 11.5. The number of benzene rings is 1. The van der Waals surface area contributed by atoms with Gasteiger partial charge in [0.2, 0.25) is 5.89 Å². The molecule has 1 aromatic carbocycles. The molecule has 2 N–H and O–H groups in total. The van der Waals surface area contributed by atoms with Crippen LogP contribution in [0, 0.1) is 19.8 Å². The van der Waals surface area contributed by atoms with Gasteiger partial charge in [-0.2, -0.15) is 0 Å². The minimum Gasteiger partial charge on any atom is -0.492 e. The van der Waals surface area contributed by atoms with Crippen LogP contribution in [0.1, 0.15) is 37.1 Å². The number of hydrogen-bond acceptors (Lipinski definition) is 5. The zero-order chi connectivity index (χ0) is 21.2. The second kappa shape index (κ2) is 11.6. The lowest BCUT2D eigenvalue weighted by atomic mass is 9.97. The van der Waals surface area contributed by atoms with E-state index in [1.165, 1.54) is 0 Å². The van der Waals surface area contributed by atoms with E-state index in [0.717, 1.165) is 74.6 Å². The van der Waals surface area contributed by atoms with Crippen LogP contribution >= 0.6 is 0 Å². The fraction of sp³-hybridized carbons (Fsp3) is 0.565. The minimum absolute atomic E-state index is 0.604. The number of rotatable bonds is 9. The van der Waals surface area contributed by atoms with E-state index in [2.05, 4.69) is 27.4 Å². The van der Waals surface area contributed by atoms with Gasteiger partial charge in [-0.3, -0.25) is 9.89 Å². The molecule has 0 amide bonds. The molecule has 1 aromatic heterocycles. The Kier molecular flexibility index (Phi) is 8.56. The predicted octanol–water partition coefficient (Wildman–Crippen LogP) is 3.14. The van der Waals surface area contributed by atoms with Gasteiger partial charge in [-0.25, -0.2) is 4.98 Å². The minimum atomic E-state index is 0.604. The van der Waals surface area contributed by atoms with Crippen molar-refractivity contribution in [2.75, 3.05) is 39.3 Å². The zero-order valence-electron chi connectivity index (χ0n) is 18.5. The molecule has 7 heteroatoms. The molecule has 0 atom stereocenters.